The number of ether oxygens (including phenoxy) is 2. The Labute approximate surface area is 93.8 Å². The van der Waals surface area contributed by atoms with Crippen molar-refractivity contribution < 1.29 is 19.4 Å². The normalized spacial score (nSPS) is 9.88. The fraction of sp³-hybridized carbons (Fsp3) is 0.364. The lowest BCUT2D eigenvalue weighted by atomic mass is 10.1. The molecular formula is C11H14NO4-. The minimum atomic E-state index is -1.33. The summed E-state index contributed by atoms with van der Waals surface area (Å²) in [4.78, 5) is 10.8. The maximum absolute atomic E-state index is 10.8. The van der Waals surface area contributed by atoms with Gasteiger partial charge in [-0.1, -0.05) is 0 Å². The summed E-state index contributed by atoms with van der Waals surface area (Å²) in [6.45, 7) is 4.48. The molecule has 16 heavy (non-hydrogen) atoms. The van der Waals surface area contributed by atoms with E-state index in [9.17, 15) is 9.90 Å². The Bertz CT molecular complexity index is 390. The molecule has 88 valence electrons. The molecule has 0 amide bonds. The molecule has 0 radical (unpaired) electrons. The second-order valence-electron chi connectivity index (χ2n) is 3.04. The summed E-state index contributed by atoms with van der Waals surface area (Å²) in [6.07, 6.45) is 0. The molecule has 1 aromatic rings. The van der Waals surface area contributed by atoms with E-state index in [0.29, 0.717) is 24.7 Å². The summed E-state index contributed by atoms with van der Waals surface area (Å²) in [7, 11) is 0. The second kappa shape index (κ2) is 5.25. The van der Waals surface area contributed by atoms with Crippen LogP contribution in [0.5, 0.6) is 11.5 Å². The number of hydrogen-bond donors (Lipinski definition) is 1. The number of carboxylic acid groups (broad SMARTS) is 1. The number of nitrogens with two attached hydrogens (primary N) is 1. The van der Waals surface area contributed by atoms with Gasteiger partial charge in [0.15, 0.2) is 11.5 Å². The summed E-state index contributed by atoms with van der Waals surface area (Å²) < 4.78 is 10.6. The van der Waals surface area contributed by atoms with Gasteiger partial charge < -0.3 is 25.1 Å². The van der Waals surface area contributed by atoms with Crippen molar-refractivity contribution in [3.63, 3.8) is 0 Å². The Hall–Kier alpha value is -1.91. The van der Waals surface area contributed by atoms with Crippen LogP contribution < -0.4 is 20.3 Å². The average molecular weight is 224 g/mol. The van der Waals surface area contributed by atoms with Gasteiger partial charge in [-0.15, -0.1) is 0 Å². The molecule has 0 spiro atoms. The smallest absolute Gasteiger partial charge is 0.163 e. The topological polar surface area (TPSA) is 84.6 Å². The number of carbonyl (C=O) groups is 1. The van der Waals surface area contributed by atoms with Crippen molar-refractivity contribution >= 4 is 11.7 Å². The number of carboxylic acids is 1. The van der Waals surface area contributed by atoms with E-state index in [1.165, 1.54) is 12.1 Å². The molecule has 5 heteroatoms. The van der Waals surface area contributed by atoms with Crippen molar-refractivity contribution in [2.45, 2.75) is 13.8 Å². The van der Waals surface area contributed by atoms with E-state index >= 15 is 0 Å². The zero-order valence-corrected chi connectivity index (χ0v) is 9.28. The van der Waals surface area contributed by atoms with Crippen molar-refractivity contribution in [3.8, 4) is 11.5 Å². The molecular weight excluding hydrogens is 210 g/mol. The Morgan fingerprint density at radius 1 is 1.25 bits per heavy atom. The van der Waals surface area contributed by atoms with Crippen LogP contribution in [0.4, 0.5) is 5.69 Å². The lowest BCUT2D eigenvalue weighted by Gasteiger charge is -2.14. The third-order valence-electron chi connectivity index (χ3n) is 1.94. The van der Waals surface area contributed by atoms with Crippen LogP contribution in [-0.2, 0) is 0 Å². The zero-order valence-electron chi connectivity index (χ0n) is 9.28. The Kier molecular flexibility index (Phi) is 3.99. The minimum absolute atomic E-state index is 0.0908. The van der Waals surface area contributed by atoms with Crippen LogP contribution in [0.2, 0.25) is 0 Å². The molecule has 0 saturated carbocycles. The molecule has 0 heterocycles. The van der Waals surface area contributed by atoms with E-state index in [1.807, 2.05) is 6.92 Å². The molecule has 1 aromatic carbocycles. The van der Waals surface area contributed by atoms with Gasteiger partial charge in [-0.05, 0) is 19.9 Å². The number of carbonyl (C=O) groups excluding carboxylic acids is 1. The predicted octanol–water partition coefficient (Wildman–Crippen LogP) is 0.430. The summed E-state index contributed by atoms with van der Waals surface area (Å²) >= 11 is 0. The fourth-order valence-corrected chi connectivity index (χ4v) is 1.29. The van der Waals surface area contributed by atoms with E-state index < -0.39 is 5.97 Å². The molecule has 0 aliphatic rings. The highest BCUT2D eigenvalue weighted by Crippen LogP contribution is 2.32. The standard InChI is InChI=1S/C11H15NO4/c1-3-15-9-5-7(11(13)14)8(12)6-10(9)16-4-2/h5-6H,3-4,12H2,1-2H3,(H,13,14)/p-1. The van der Waals surface area contributed by atoms with Crippen LogP contribution in [0.15, 0.2) is 12.1 Å². The Morgan fingerprint density at radius 3 is 2.19 bits per heavy atom. The molecule has 0 atom stereocenters. The SMILES string of the molecule is CCOc1cc(N)c(C(=O)[O-])cc1OCC. The minimum Gasteiger partial charge on any atom is -0.545 e. The fourth-order valence-electron chi connectivity index (χ4n) is 1.29. The van der Waals surface area contributed by atoms with E-state index in [0.717, 1.165) is 0 Å². The highest BCUT2D eigenvalue weighted by molar-refractivity contribution is 5.93. The van der Waals surface area contributed by atoms with E-state index in [1.54, 1.807) is 6.92 Å². The van der Waals surface area contributed by atoms with Gasteiger partial charge in [0.25, 0.3) is 0 Å². The van der Waals surface area contributed by atoms with Crippen molar-refractivity contribution in [2.75, 3.05) is 18.9 Å². The van der Waals surface area contributed by atoms with Crippen LogP contribution in [0, 0.1) is 0 Å². The summed E-state index contributed by atoms with van der Waals surface area (Å²) in [5.74, 6) is -0.536. The predicted molar refractivity (Wildman–Crippen MR) is 57.5 cm³/mol. The van der Waals surface area contributed by atoms with Crippen LogP contribution in [0.3, 0.4) is 0 Å². The number of benzene rings is 1. The van der Waals surface area contributed by atoms with Crippen LogP contribution in [-0.4, -0.2) is 19.2 Å². The molecule has 0 fully saturated rings. The van der Waals surface area contributed by atoms with Crippen molar-refractivity contribution in [2.24, 2.45) is 0 Å². The highest BCUT2D eigenvalue weighted by atomic mass is 16.5. The first-order valence-corrected chi connectivity index (χ1v) is 5.00. The van der Waals surface area contributed by atoms with E-state index in [2.05, 4.69) is 0 Å². The quantitative estimate of drug-likeness (QED) is 0.733. The molecule has 0 aliphatic carbocycles. The molecule has 0 unspecified atom stereocenters. The van der Waals surface area contributed by atoms with Crippen molar-refractivity contribution in [1.82, 2.24) is 0 Å². The van der Waals surface area contributed by atoms with Gasteiger partial charge in [-0.2, -0.15) is 0 Å². The van der Waals surface area contributed by atoms with Crippen molar-refractivity contribution in [3.05, 3.63) is 17.7 Å². The molecule has 2 N–H and O–H groups in total. The summed E-state index contributed by atoms with van der Waals surface area (Å²) in [5.41, 5.74) is 5.57. The third-order valence-corrected chi connectivity index (χ3v) is 1.94. The maximum atomic E-state index is 10.8. The Balaban J connectivity index is 3.19. The average Bonchev–Trinajstić information content (AvgIpc) is 2.22. The lowest BCUT2D eigenvalue weighted by molar-refractivity contribution is -0.254. The molecule has 0 saturated heterocycles. The third kappa shape index (κ3) is 2.56. The molecule has 0 aliphatic heterocycles. The molecule has 5 nitrogen and oxygen atoms in total. The van der Waals surface area contributed by atoms with E-state index in [-0.39, 0.29) is 11.3 Å². The number of nitrogen functional groups attached to an aromatic ring is 1. The van der Waals surface area contributed by atoms with Gasteiger partial charge in [0.2, 0.25) is 0 Å². The van der Waals surface area contributed by atoms with Gasteiger partial charge in [0.1, 0.15) is 0 Å². The second-order valence-corrected chi connectivity index (χ2v) is 3.04. The largest absolute Gasteiger partial charge is 0.545 e. The van der Waals surface area contributed by atoms with Gasteiger partial charge in [-0.3, -0.25) is 0 Å². The first-order chi connectivity index (χ1) is 7.60. The maximum Gasteiger partial charge on any atom is 0.163 e. The molecule has 1 rings (SSSR count). The number of rotatable bonds is 5. The number of anilines is 1. The first-order valence-electron chi connectivity index (χ1n) is 5.00. The van der Waals surface area contributed by atoms with Gasteiger partial charge >= 0.3 is 0 Å². The highest BCUT2D eigenvalue weighted by Gasteiger charge is 2.10. The lowest BCUT2D eigenvalue weighted by Crippen LogP contribution is -2.23. The first kappa shape index (κ1) is 12.2. The van der Waals surface area contributed by atoms with Crippen LogP contribution >= 0.6 is 0 Å². The monoisotopic (exact) mass is 224 g/mol. The van der Waals surface area contributed by atoms with Crippen LogP contribution in [0.1, 0.15) is 24.2 Å². The van der Waals surface area contributed by atoms with Gasteiger partial charge in [-0.25, -0.2) is 0 Å². The number of aromatic carboxylic acids is 1. The molecule has 0 bridgehead atoms. The zero-order chi connectivity index (χ0) is 12.1. The summed E-state index contributed by atoms with van der Waals surface area (Å²) in [5, 5.41) is 10.8. The van der Waals surface area contributed by atoms with Crippen LogP contribution in [0.25, 0.3) is 0 Å². The van der Waals surface area contributed by atoms with Gasteiger partial charge in [0, 0.05) is 17.3 Å². The summed E-state index contributed by atoms with van der Waals surface area (Å²) in [6, 6.07) is 2.75. The number of hydrogen-bond acceptors (Lipinski definition) is 5. The Morgan fingerprint density at radius 2 is 1.75 bits per heavy atom. The van der Waals surface area contributed by atoms with E-state index in [4.69, 9.17) is 15.2 Å². The van der Waals surface area contributed by atoms with Gasteiger partial charge in [0.05, 0.1) is 19.2 Å². The van der Waals surface area contributed by atoms with Crippen molar-refractivity contribution in [1.29, 1.82) is 0 Å². The molecule has 0 aromatic heterocycles.